The standard InChI is InChI=1S/C11H10ClF6N3O3/c1-2-24-8(22)9(23,11(16,17)18)21-20-7-6(12)3-5(4-19-7)10(13,14)15/h3-4,21,23H,2H2,1H3,(H,19,20)/t9-/m1/s1. The molecule has 0 fully saturated rings. The highest BCUT2D eigenvalue weighted by Crippen LogP contribution is 2.33. The summed E-state index contributed by atoms with van der Waals surface area (Å²) in [4.78, 5) is 14.5. The number of carbonyl (C=O) groups is 1. The molecule has 0 saturated carbocycles. The van der Waals surface area contributed by atoms with Crippen molar-refractivity contribution in [2.75, 3.05) is 12.0 Å². The van der Waals surface area contributed by atoms with Gasteiger partial charge in [0, 0.05) is 6.20 Å². The summed E-state index contributed by atoms with van der Waals surface area (Å²) in [6.45, 7) is 0.745. The minimum Gasteiger partial charge on any atom is -0.463 e. The van der Waals surface area contributed by atoms with Crippen molar-refractivity contribution in [3.05, 3.63) is 22.8 Å². The highest BCUT2D eigenvalue weighted by molar-refractivity contribution is 6.32. The van der Waals surface area contributed by atoms with Crippen LogP contribution >= 0.6 is 11.6 Å². The zero-order valence-electron chi connectivity index (χ0n) is 11.7. The quantitative estimate of drug-likeness (QED) is 0.314. The molecular formula is C11H10ClF6N3O3. The predicted molar refractivity (Wildman–Crippen MR) is 68.6 cm³/mol. The van der Waals surface area contributed by atoms with Gasteiger partial charge in [0.2, 0.25) is 0 Å². The number of pyridine rings is 1. The molecule has 0 radical (unpaired) electrons. The first-order valence-electron chi connectivity index (χ1n) is 6.05. The lowest BCUT2D eigenvalue weighted by molar-refractivity contribution is -0.271. The van der Waals surface area contributed by atoms with Crippen LogP contribution in [0.15, 0.2) is 12.3 Å². The number of alkyl halides is 6. The summed E-state index contributed by atoms with van der Waals surface area (Å²) >= 11 is 5.48. The van der Waals surface area contributed by atoms with E-state index in [0.29, 0.717) is 12.3 Å². The van der Waals surface area contributed by atoms with Crippen LogP contribution in [0.4, 0.5) is 32.2 Å². The fourth-order valence-electron chi connectivity index (χ4n) is 1.31. The molecule has 1 heterocycles. The number of hydrogen-bond donors (Lipinski definition) is 3. The van der Waals surface area contributed by atoms with Gasteiger partial charge in [-0.25, -0.2) is 9.78 Å². The lowest BCUT2D eigenvalue weighted by Crippen LogP contribution is -2.64. The summed E-state index contributed by atoms with van der Waals surface area (Å²) in [5.74, 6) is -2.76. The Hall–Kier alpha value is -1.79. The van der Waals surface area contributed by atoms with Crippen molar-refractivity contribution >= 4 is 23.4 Å². The van der Waals surface area contributed by atoms with Gasteiger partial charge in [0.1, 0.15) is 0 Å². The van der Waals surface area contributed by atoms with E-state index in [1.54, 1.807) is 5.43 Å². The number of ether oxygens (including phenoxy) is 1. The molecule has 0 bridgehead atoms. The number of esters is 1. The van der Waals surface area contributed by atoms with Gasteiger partial charge in [-0.3, -0.25) is 0 Å². The summed E-state index contributed by atoms with van der Waals surface area (Å²) < 4.78 is 80.0. The third kappa shape index (κ3) is 4.39. The monoisotopic (exact) mass is 381 g/mol. The molecule has 0 aromatic carbocycles. The number of rotatable bonds is 5. The zero-order valence-corrected chi connectivity index (χ0v) is 12.5. The molecule has 0 aliphatic carbocycles. The van der Waals surface area contributed by atoms with Crippen molar-refractivity contribution in [2.24, 2.45) is 0 Å². The van der Waals surface area contributed by atoms with Gasteiger partial charge in [0.05, 0.1) is 17.2 Å². The van der Waals surface area contributed by atoms with E-state index < -0.39 is 47.1 Å². The molecule has 13 heteroatoms. The molecule has 6 nitrogen and oxygen atoms in total. The van der Waals surface area contributed by atoms with Gasteiger partial charge < -0.3 is 15.3 Å². The van der Waals surface area contributed by atoms with Crippen LogP contribution in [0.2, 0.25) is 5.02 Å². The topological polar surface area (TPSA) is 83.5 Å². The molecule has 24 heavy (non-hydrogen) atoms. The van der Waals surface area contributed by atoms with Gasteiger partial charge in [-0.1, -0.05) is 11.6 Å². The first-order valence-corrected chi connectivity index (χ1v) is 6.43. The maximum absolute atomic E-state index is 12.8. The molecule has 1 atom stereocenters. The number of hydrogen-bond acceptors (Lipinski definition) is 6. The molecule has 0 unspecified atom stereocenters. The number of halogens is 7. The number of hydrazine groups is 1. The second-order valence-electron chi connectivity index (χ2n) is 4.23. The Balaban J connectivity index is 3.02. The number of aromatic nitrogens is 1. The number of carbonyl (C=O) groups excluding carboxylic acids is 1. The molecule has 3 N–H and O–H groups in total. The summed E-state index contributed by atoms with van der Waals surface area (Å²) in [5, 5.41) is 8.76. The Morgan fingerprint density at radius 1 is 1.33 bits per heavy atom. The minimum absolute atomic E-state index is 0.299. The molecular weight excluding hydrogens is 372 g/mol. The van der Waals surface area contributed by atoms with Crippen LogP contribution in [0.1, 0.15) is 12.5 Å². The number of nitrogens with one attached hydrogen (secondary N) is 2. The Bertz CT molecular complexity index is 610. The fraction of sp³-hybridized carbons (Fsp3) is 0.455. The Morgan fingerprint density at radius 2 is 1.92 bits per heavy atom. The van der Waals surface area contributed by atoms with E-state index in [9.17, 15) is 36.2 Å². The number of anilines is 1. The van der Waals surface area contributed by atoms with E-state index in [1.807, 2.05) is 0 Å². The van der Waals surface area contributed by atoms with Crippen LogP contribution in [-0.4, -0.2) is 34.6 Å². The fourth-order valence-corrected chi connectivity index (χ4v) is 1.52. The van der Waals surface area contributed by atoms with Gasteiger partial charge in [-0.05, 0) is 13.0 Å². The zero-order chi connectivity index (χ0) is 18.8. The number of aliphatic hydroxyl groups is 1. The van der Waals surface area contributed by atoms with Crippen LogP contribution in [0.25, 0.3) is 0 Å². The molecule has 0 aliphatic heterocycles. The Morgan fingerprint density at radius 3 is 2.33 bits per heavy atom. The summed E-state index contributed by atoms with van der Waals surface area (Å²) in [6.07, 6.45) is -9.97. The van der Waals surface area contributed by atoms with E-state index in [4.69, 9.17) is 11.6 Å². The summed E-state index contributed by atoms with van der Waals surface area (Å²) in [6, 6.07) is 0.398. The van der Waals surface area contributed by atoms with Crippen LogP contribution in [0, 0.1) is 0 Å². The van der Waals surface area contributed by atoms with E-state index >= 15 is 0 Å². The van der Waals surface area contributed by atoms with Crippen LogP contribution < -0.4 is 10.9 Å². The highest BCUT2D eigenvalue weighted by atomic mass is 35.5. The normalized spacial score (nSPS) is 14.9. The smallest absolute Gasteiger partial charge is 0.444 e. The lowest BCUT2D eigenvalue weighted by atomic mass is 10.2. The number of nitrogens with zero attached hydrogens (tertiary/aromatic N) is 1. The second-order valence-corrected chi connectivity index (χ2v) is 4.64. The van der Waals surface area contributed by atoms with Crippen molar-refractivity contribution in [3.63, 3.8) is 0 Å². The lowest BCUT2D eigenvalue weighted by Gasteiger charge is -2.29. The molecule has 0 amide bonds. The summed E-state index contributed by atoms with van der Waals surface area (Å²) in [5.41, 5.74) is -2.55. The maximum Gasteiger partial charge on any atom is 0.444 e. The first kappa shape index (κ1) is 20.3. The predicted octanol–water partition coefficient (Wildman–Crippen LogP) is 2.48. The van der Waals surface area contributed by atoms with Crippen molar-refractivity contribution in [1.29, 1.82) is 0 Å². The third-order valence-corrected chi connectivity index (χ3v) is 2.80. The molecule has 0 saturated heterocycles. The van der Waals surface area contributed by atoms with Crippen LogP contribution in [0.5, 0.6) is 0 Å². The second kappa shape index (κ2) is 6.99. The highest BCUT2D eigenvalue weighted by Gasteiger charge is 2.61. The van der Waals surface area contributed by atoms with E-state index in [-0.39, 0.29) is 0 Å². The maximum atomic E-state index is 12.8. The van der Waals surface area contributed by atoms with Gasteiger partial charge in [-0.2, -0.15) is 31.8 Å². The first-order chi connectivity index (χ1) is 10.8. The Kier molecular flexibility index (Phi) is 5.90. The van der Waals surface area contributed by atoms with Crippen molar-refractivity contribution in [3.8, 4) is 0 Å². The van der Waals surface area contributed by atoms with Gasteiger partial charge in [0.15, 0.2) is 5.82 Å². The Labute approximate surface area is 135 Å². The molecule has 0 spiro atoms. The van der Waals surface area contributed by atoms with Gasteiger partial charge in [-0.15, -0.1) is 0 Å². The molecule has 136 valence electrons. The minimum atomic E-state index is -5.51. The van der Waals surface area contributed by atoms with Crippen molar-refractivity contribution in [2.45, 2.75) is 25.0 Å². The van der Waals surface area contributed by atoms with Gasteiger partial charge >= 0.3 is 24.0 Å². The van der Waals surface area contributed by atoms with Crippen molar-refractivity contribution < 1.29 is 41.0 Å². The average Bonchev–Trinajstić information content (AvgIpc) is 2.43. The van der Waals surface area contributed by atoms with Crippen molar-refractivity contribution in [1.82, 2.24) is 10.4 Å². The molecule has 0 aliphatic rings. The van der Waals surface area contributed by atoms with Crippen LogP contribution in [-0.2, 0) is 15.7 Å². The summed E-state index contributed by atoms with van der Waals surface area (Å²) in [7, 11) is 0. The SMILES string of the molecule is CCOC(=O)[C@](O)(NNc1ncc(C(F)(F)F)cc1Cl)C(F)(F)F. The third-order valence-electron chi connectivity index (χ3n) is 2.51. The molecule has 1 rings (SSSR count). The van der Waals surface area contributed by atoms with Crippen LogP contribution in [0.3, 0.4) is 0 Å². The van der Waals surface area contributed by atoms with E-state index in [0.717, 1.165) is 0 Å². The largest absolute Gasteiger partial charge is 0.463 e. The average molecular weight is 382 g/mol. The molecule has 1 aromatic rings. The van der Waals surface area contributed by atoms with Gasteiger partial charge in [0.25, 0.3) is 0 Å². The van der Waals surface area contributed by atoms with E-state index in [2.05, 4.69) is 9.72 Å². The molecule has 1 aromatic heterocycles. The van der Waals surface area contributed by atoms with E-state index in [1.165, 1.54) is 12.3 Å².